The van der Waals surface area contributed by atoms with Gasteiger partial charge < -0.3 is 9.73 Å². The minimum Gasteiger partial charge on any atom is -0.468 e. The van der Waals surface area contributed by atoms with Gasteiger partial charge in [-0.1, -0.05) is 6.07 Å². The molecule has 0 saturated carbocycles. The molecule has 0 spiro atoms. The molecule has 4 rings (SSSR count). The van der Waals surface area contributed by atoms with Crippen molar-refractivity contribution in [3.63, 3.8) is 0 Å². The van der Waals surface area contributed by atoms with E-state index in [1.165, 1.54) is 12.1 Å². The predicted octanol–water partition coefficient (Wildman–Crippen LogP) is 2.55. The van der Waals surface area contributed by atoms with Crippen LogP contribution in [0.1, 0.15) is 48.8 Å². The minimum atomic E-state index is -3.77. The first kappa shape index (κ1) is 21.6. The number of likely N-dealkylation sites (tertiary alicyclic amines) is 1. The zero-order valence-corrected chi connectivity index (χ0v) is 18.5. The number of hydrogen-bond acceptors (Lipinski definition) is 6. The van der Waals surface area contributed by atoms with Gasteiger partial charge in [-0.3, -0.25) is 14.5 Å². The molecule has 0 radical (unpaired) electrons. The van der Waals surface area contributed by atoms with Crippen LogP contribution < -0.4 is 9.62 Å². The molecule has 1 unspecified atom stereocenters. The van der Waals surface area contributed by atoms with Crippen LogP contribution in [-0.2, 0) is 14.8 Å². The van der Waals surface area contributed by atoms with Gasteiger partial charge in [-0.2, -0.15) is 0 Å². The maximum Gasteiger partial charge on any atom is 0.251 e. The van der Waals surface area contributed by atoms with Crippen LogP contribution in [0, 0.1) is 5.41 Å². The van der Waals surface area contributed by atoms with Crippen molar-refractivity contribution in [2.45, 2.75) is 32.7 Å². The van der Waals surface area contributed by atoms with Gasteiger partial charge in [-0.25, -0.2) is 12.7 Å². The van der Waals surface area contributed by atoms with Gasteiger partial charge in [0.25, 0.3) is 5.91 Å². The fraction of sp³-hybridized carbons (Fsp3) is 0.455. The SMILES string of the molecule is CC1(C)CS(=O)(=O)N(c2cccc(C(=O)NCC(c3ccco3)N3CCCC3)c2)C1=O. The molecule has 8 nitrogen and oxygen atoms in total. The summed E-state index contributed by atoms with van der Waals surface area (Å²) in [6.45, 7) is 5.47. The van der Waals surface area contributed by atoms with E-state index >= 15 is 0 Å². The number of nitrogens with zero attached hydrogens (tertiary/aromatic N) is 2. The van der Waals surface area contributed by atoms with E-state index in [9.17, 15) is 18.0 Å². The molecule has 2 aliphatic heterocycles. The van der Waals surface area contributed by atoms with Crippen molar-refractivity contribution in [3.05, 3.63) is 54.0 Å². The molecule has 2 fully saturated rings. The zero-order valence-electron chi connectivity index (χ0n) is 17.7. The maximum absolute atomic E-state index is 12.9. The van der Waals surface area contributed by atoms with E-state index in [0.717, 1.165) is 36.0 Å². The third-order valence-electron chi connectivity index (χ3n) is 5.84. The topological polar surface area (TPSA) is 99.9 Å². The molecule has 0 bridgehead atoms. The Morgan fingerprint density at radius 1 is 1.19 bits per heavy atom. The van der Waals surface area contributed by atoms with Crippen molar-refractivity contribution in [1.29, 1.82) is 0 Å². The monoisotopic (exact) mass is 445 g/mol. The summed E-state index contributed by atoms with van der Waals surface area (Å²) in [5.74, 6) is -0.277. The second-order valence-corrected chi connectivity index (χ2v) is 10.6. The Morgan fingerprint density at radius 3 is 2.55 bits per heavy atom. The molecule has 1 N–H and O–H groups in total. The second-order valence-electron chi connectivity index (χ2n) is 8.74. The molecule has 1 atom stereocenters. The standard InChI is InChI=1S/C22H27N3O5S/c1-22(2)15-31(28,29)25(21(22)27)17-8-5-7-16(13-17)20(26)23-14-18(19-9-6-12-30-19)24-10-3-4-11-24/h5-9,12-13,18H,3-4,10-11,14-15H2,1-2H3,(H,23,26). The van der Waals surface area contributed by atoms with Crippen LogP contribution in [0.25, 0.3) is 0 Å². The largest absolute Gasteiger partial charge is 0.468 e. The number of carbonyl (C=O) groups excluding carboxylic acids is 2. The molecule has 0 aliphatic carbocycles. The number of nitrogens with one attached hydrogen (secondary N) is 1. The summed E-state index contributed by atoms with van der Waals surface area (Å²) in [6, 6.07) is 9.84. The first-order valence-electron chi connectivity index (χ1n) is 10.4. The number of furan rings is 1. The summed E-state index contributed by atoms with van der Waals surface area (Å²) in [7, 11) is -3.77. The number of hydrogen-bond donors (Lipinski definition) is 1. The summed E-state index contributed by atoms with van der Waals surface area (Å²) in [5.41, 5.74) is -0.515. The Balaban J connectivity index is 1.51. The van der Waals surface area contributed by atoms with Crippen molar-refractivity contribution in [1.82, 2.24) is 10.2 Å². The van der Waals surface area contributed by atoms with E-state index in [0.29, 0.717) is 12.1 Å². The van der Waals surface area contributed by atoms with E-state index in [1.807, 2.05) is 12.1 Å². The Hall–Kier alpha value is -2.65. The van der Waals surface area contributed by atoms with Crippen LogP contribution in [-0.4, -0.2) is 50.5 Å². The van der Waals surface area contributed by atoms with Gasteiger partial charge in [0.2, 0.25) is 15.9 Å². The maximum atomic E-state index is 12.9. The van der Waals surface area contributed by atoms with E-state index in [4.69, 9.17) is 4.42 Å². The highest BCUT2D eigenvalue weighted by Gasteiger charge is 2.50. The average molecular weight is 446 g/mol. The number of carbonyl (C=O) groups is 2. The van der Waals surface area contributed by atoms with Crippen LogP contribution in [0.5, 0.6) is 0 Å². The molecule has 2 amide bonds. The van der Waals surface area contributed by atoms with E-state index in [1.54, 1.807) is 32.2 Å². The zero-order chi connectivity index (χ0) is 22.2. The van der Waals surface area contributed by atoms with E-state index < -0.39 is 21.3 Å². The molecule has 31 heavy (non-hydrogen) atoms. The molecule has 2 aromatic rings. The number of amides is 2. The van der Waals surface area contributed by atoms with Crippen LogP contribution in [0.3, 0.4) is 0 Å². The molecular weight excluding hydrogens is 418 g/mol. The highest BCUT2D eigenvalue weighted by Crippen LogP contribution is 2.36. The van der Waals surface area contributed by atoms with Crippen LogP contribution >= 0.6 is 0 Å². The van der Waals surface area contributed by atoms with Crippen molar-refractivity contribution < 1.29 is 22.4 Å². The van der Waals surface area contributed by atoms with Gasteiger partial charge >= 0.3 is 0 Å². The molecule has 166 valence electrons. The van der Waals surface area contributed by atoms with Gasteiger partial charge in [-0.05, 0) is 70.1 Å². The highest BCUT2D eigenvalue weighted by atomic mass is 32.2. The van der Waals surface area contributed by atoms with Crippen LogP contribution in [0.4, 0.5) is 5.69 Å². The van der Waals surface area contributed by atoms with Crippen LogP contribution in [0.2, 0.25) is 0 Å². The average Bonchev–Trinajstić information content (AvgIpc) is 3.44. The van der Waals surface area contributed by atoms with Crippen molar-refractivity contribution >= 4 is 27.5 Å². The summed E-state index contributed by atoms with van der Waals surface area (Å²) >= 11 is 0. The van der Waals surface area contributed by atoms with Gasteiger partial charge in [0.1, 0.15) is 5.76 Å². The molecular formula is C22H27N3O5S. The van der Waals surface area contributed by atoms with Crippen molar-refractivity contribution in [2.24, 2.45) is 5.41 Å². The number of sulfonamides is 1. The molecule has 2 aliphatic rings. The molecule has 3 heterocycles. The summed E-state index contributed by atoms with van der Waals surface area (Å²) in [6.07, 6.45) is 3.85. The first-order chi connectivity index (χ1) is 14.7. The third kappa shape index (κ3) is 4.24. The highest BCUT2D eigenvalue weighted by molar-refractivity contribution is 7.94. The lowest BCUT2D eigenvalue weighted by Crippen LogP contribution is -2.37. The van der Waals surface area contributed by atoms with Gasteiger partial charge in [0.15, 0.2) is 0 Å². The Bertz CT molecular complexity index is 1070. The fourth-order valence-electron chi connectivity index (χ4n) is 4.27. The lowest BCUT2D eigenvalue weighted by molar-refractivity contribution is -0.123. The lowest BCUT2D eigenvalue weighted by Gasteiger charge is -2.26. The fourth-order valence-corrected chi connectivity index (χ4v) is 6.37. The smallest absolute Gasteiger partial charge is 0.251 e. The predicted molar refractivity (Wildman–Crippen MR) is 116 cm³/mol. The quantitative estimate of drug-likeness (QED) is 0.734. The first-order valence-corrected chi connectivity index (χ1v) is 12.0. The summed E-state index contributed by atoms with van der Waals surface area (Å²) in [4.78, 5) is 27.8. The van der Waals surface area contributed by atoms with Gasteiger partial charge in [0.05, 0.1) is 29.2 Å². The normalized spacial score (nSPS) is 21.4. The second kappa shape index (κ2) is 8.12. The van der Waals surface area contributed by atoms with Crippen LogP contribution in [0.15, 0.2) is 47.1 Å². The molecule has 1 aromatic heterocycles. The summed E-state index contributed by atoms with van der Waals surface area (Å²) < 4.78 is 31.5. The van der Waals surface area contributed by atoms with E-state index in [2.05, 4.69) is 10.2 Å². The molecule has 2 saturated heterocycles. The Morgan fingerprint density at radius 2 is 1.94 bits per heavy atom. The van der Waals surface area contributed by atoms with Gasteiger partial charge in [-0.15, -0.1) is 0 Å². The molecule has 1 aromatic carbocycles. The molecule has 9 heteroatoms. The number of rotatable bonds is 6. The number of benzene rings is 1. The van der Waals surface area contributed by atoms with Gasteiger partial charge in [0, 0.05) is 12.1 Å². The summed E-state index contributed by atoms with van der Waals surface area (Å²) in [5, 5.41) is 2.94. The lowest BCUT2D eigenvalue weighted by atomic mass is 9.95. The number of anilines is 1. The van der Waals surface area contributed by atoms with Crippen molar-refractivity contribution in [3.8, 4) is 0 Å². The minimum absolute atomic E-state index is 0.0639. The third-order valence-corrected chi connectivity index (χ3v) is 7.86. The Kier molecular flexibility index (Phi) is 5.65. The van der Waals surface area contributed by atoms with Crippen molar-refractivity contribution in [2.75, 3.05) is 29.7 Å². The van der Waals surface area contributed by atoms with E-state index in [-0.39, 0.29) is 23.4 Å². The Labute approximate surface area is 182 Å².